The van der Waals surface area contributed by atoms with E-state index in [1.807, 2.05) is 18.2 Å². The summed E-state index contributed by atoms with van der Waals surface area (Å²) in [5.41, 5.74) is 5.30. The van der Waals surface area contributed by atoms with E-state index in [-0.39, 0.29) is 0 Å². The van der Waals surface area contributed by atoms with Crippen LogP contribution in [0.4, 0.5) is 22.7 Å². The van der Waals surface area contributed by atoms with E-state index in [1.165, 1.54) is 13.2 Å². The minimum Gasteiger partial charge on any atom is -0.495 e. The number of hydrogen-bond donors (Lipinski definition) is 2. The molecule has 2 N–H and O–H groups in total. The van der Waals surface area contributed by atoms with Gasteiger partial charge in [0, 0.05) is 6.07 Å². The van der Waals surface area contributed by atoms with Crippen molar-refractivity contribution < 1.29 is 22.4 Å². The number of methoxy groups -OCH3 is 2. The summed E-state index contributed by atoms with van der Waals surface area (Å²) >= 11 is 0. The second kappa shape index (κ2) is 10.5. The van der Waals surface area contributed by atoms with Crippen molar-refractivity contribution in [1.29, 1.82) is 0 Å². The van der Waals surface area contributed by atoms with E-state index in [2.05, 4.69) is 26.0 Å². The summed E-state index contributed by atoms with van der Waals surface area (Å²) < 4.78 is 41.7. The average Bonchev–Trinajstić information content (AvgIpc) is 2.77. The van der Waals surface area contributed by atoms with E-state index in [0.29, 0.717) is 39.8 Å². The van der Waals surface area contributed by atoms with Gasteiger partial charge in [-0.05, 0) is 42.0 Å². The fourth-order valence-corrected chi connectivity index (χ4v) is 3.32. The number of para-hydroxylation sites is 2. The smallest absolute Gasteiger partial charge is 0.269 e. The maximum absolute atomic E-state index is 11.0. The van der Waals surface area contributed by atoms with E-state index < -0.39 is 15.9 Å². The summed E-state index contributed by atoms with van der Waals surface area (Å²) in [7, 11) is -1.05. The van der Waals surface area contributed by atoms with Crippen LogP contribution in [0.3, 0.4) is 0 Å². The fraction of sp³-hybridized carbons (Fsp3) is 0.143. The highest BCUT2D eigenvalue weighted by Crippen LogP contribution is 2.33. The van der Waals surface area contributed by atoms with Crippen LogP contribution in [-0.4, -0.2) is 27.2 Å². The van der Waals surface area contributed by atoms with Crippen LogP contribution in [0.2, 0.25) is 0 Å². The normalized spacial score (nSPS) is 11.7. The summed E-state index contributed by atoms with van der Waals surface area (Å²) in [6.07, 6.45) is 0. The van der Waals surface area contributed by atoms with Gasteiger partial charge in [0.15, 0.2) is 0 Å². The number of azo groups is 1. The number of anilines is 1. The van der Waals surface area contributed by atoms with Crippen molar-refractivity contribution >= 4 is 32.9 Å². The predicted octanol–water partition coefficient (Wildman–Crippen LogP) is 5.62. The number of ether oxygens (including phenoxy) is 2. The van der Waals surface area contributed by atoms with Crippen LogP contribution in [0, 0.1) is 0 Å². The topological polar surface area (TPSA) is 134 Å². The van der Waals surface area contributed by atoms with Crippen molar-refractivity contribution in [2.75, 3.05) is 19.6 Å². The Bertz CT molecular complexity index is 1240. The van der Waals surface area contributed by atoms with Crippen molar-refractivity contribution in [3.8, 4) is 11.5 Å². The zero-order valence-corrected chi connectivity index (χ0v) is 18.2. The molecular weight excluding hydrogens is 434 g/mol. The Labute approximate surface area is 185 Å². The van der Waals surface area contributed by atoms with Crippen LogP contribution in [0.25, 0.3) is 0 Å². The van der Waals surface area contributed by atoms with Crippen molar-refractivity contribution in [2.24, 2.45) is 20.6 Å². The lowest BCUT2D eigenvalue weighted by Crippen LogP contribution is -2.00. The molecule has 0 spiro atoms. The summed E-state index contributed by atoms with van der Waals surface area (Å²) in [6, 6.07) is 18.7. The van der Waals surface area contributed by atoms with Crippen LogP contribution < -0.4 is 14.9 Å². The largest absolute Gasteiger partial charge is 0.495 e. The number of benzene rings is 3. The fourth-order valence-electron chi connectivity index (χ4n) is 2.72. The molecule has 0 unspecified atom stereocenters. The lowest BCUT2D eigenvalue weighted by atomic mass is 10.2. The SMILES string of the molecule is COc1cc(N=Nc2cccc(CS(=O)(=O)O)c2)ccc1N=NNc1ccccc1OC. The van der Waals surface area contributed by atoms with Gasteiger partial charge in [-0.2, -0.15) is 18.6 Å². The van der Waals surface area contributed by atoms with Crippen LogP contribution in [-0.2, 0) is 15.9 Å². The molecule has 0 saturated carbocycles. The minimum absolute atomic E-state index is 0.403. The van der Waals surface area contributed by atoms with E-state index in [1.54, 1.807) is 49.6 Å². The molecule has 0 aliphatic carbocycles. The Morgan fingerprint density at radius 1 is 0.844 bits per heavy atom. The highest BCUT2D eigenvalue weighted by Gasteiger charge is 2.07. The third-order valence-electron chi connectivity index (χ3n) is 4.14. The molecule has 10 nitrogen and oxygen atoms in total. The van der Waals surface area contributed by atoms with Crippen molar-refractivity contribution in [2.45, 2.75) is 5.75 Å². The third-order valence-corrected chi connectivity index (χ3v) is 4.84. The molecule has 166 valence electrons. The number of nitrogens with one attached hydrogen (secondary N) is 1. The molecule has 32 heavy (non-hydrogen) atoms. The van der Waals surface area contributed by atoms with Gasteiger partial charge < -0.3 is 9.47 Å². The molecule has 0 aromatic heterocycles. The molecule has 3 aromatic rings. The van der Waals surface area contributed by atoms with Gasteiger partial charge in [-0.15, -0.1) is 5.11 Å². The third kappa shape index (κ3) is 6.59. The quantitative estimate of drug-likeness (QED) is 0.244. The van der Waals surface area contributed by atoms with Gasteiger partial charge in [-0.3, -0.25) is 9.98 Å². The zero-order valence-electron chi connectivity index (χ0n) is 17.3. The molecule has 3 aromatic carbocycles. The lowest BCUT2D eigenvalue weighted by Gasteiger charge is -2.07. The molecule has 0 saturated heterocycles. The maximum Gasteiger partial charge on any atom is 0.269 e. The van der Waals surface area contributed by atoms with Crippen molar-refractivity contribution in [3.63, 3.8) is 0 Å². The molecule has 0 heterocycles. The molecule has 0 aliphatic rings. The Morgan fingerprint density at radius 2 is 1.56 bits per heavy atom. The van der Waals surface area contributed by atoms with E-state index in [9.17, 15) is 8.42 Å². The van der Waals surface area contributed by atoms with Crippen LogP contribution >= 0.6 is 0 Å². The summed E-state index contributed by atoms with van der Waals surface area (Å²) in [4.78, 5) is 0. The van der Waals surface area contributed by atoms with Gasteiger partial charge >= 0.3 is 0 Å². The van der Waals surface area contributed by atoms with Gasteiger partial charge in [0.2, 0.25) is 0 Å². The first-order chi connectivity index (χ1) is 15.4. The highest BCUT2D eigenvalue weighted by atomic mass is 32.2. The molecule has 11 heteroatoms. The second-order valence-electron chi connectivity index (χ2n) is 6.46. The Hall–Kier alpha value is -3.83. The van der Waals surface area contributed by atoms with E-state index in [4.69, 9.17) is 14.0 Å². The van der Waals surface area contributed by atoms with Crippen LogP contribution in [0.5, 0.6) is 11.5 Å². The van der Waals surface area contributed by atoms with E-state index in [0.717, 1.165) is 0 Å². The molecule has 0 bridgehead atoms. The zero-order chi connectivity index (χ0) is 23.0. The second-order valence-corrected chi connectivity index (χ2v) is 7.92. The van der Waals surface area contributed by atoms with Crippen molar-refractivity contribution in [3.05, 3.63) is 72.3 Å². The summed E-state index contributed by atoms with van der Waals surface area (Å²) in [5, 5.41) is 16.4. The first kappa shape index (κ1) is 22.8. The summed E-state index contributed by atoms with van der Waals surface area (Å²) in [6.45, 7) is 0. The molecule has 0 aliphatic heterocycles. The molecule has 0 radical (unpaired) electrons. The average molecular weight is 455 g/mol. The standard InChI is InChI=1S/C21H21N5O5S/c1-30-20-9-4-3-8-18(20)24-26-25-19-11-10-17(13-21(19)31-2)23-22-16-7-5-6-15(12-16)14-32(27,28)29/h3-13H,14H2,1-2H3,(H,24,25)(H,27,28,29). The Balaban J connectivity index is 1.73. The predicted molar refractivity (Wildman–Crippen MR) is 120 cm³/mol. The van der Waals surface area contributed by atoms with Gasteiger partial charge in [-0.25, -0.2) is 0 Å². The van der Waals surface area contributed by atoms with Gasteiger partial charge in [-0.1, -0.05) is 29.5 Å². The lowest BCUT2D eigenvalue weighted by molar-refractivity contribution is 0.415. The first-order valence-electron chi connectivity index (χ1n) is 9.31. The highest BCUT2D eigenvalue weighted by molar-refractivity contribution is 7.85. The first-order valence-corrected chi connectivity index (χ1v) is 10.9. The number of rotatable bonds is 9. The van der Waals surface area contributed by atoms with Crippen LogP contribution in [0.1, 0.15) is 5.56 Å². The Morgan fingerprint density at radius 3 is 2.28 bits per heavy atom. The Kier molecular flexibility index (Phi) is 7.47. The molecule has 3 rings (SSSR count). The summed E-state index contributed by atoms with van der Waals surface area (Å²) in [5.74, 6) is 0.578. The van der Waals surface area contributed by atoms with Gasteiger partial charge in [0.1, 0.15) is 22.9 Å². The molecular formula is C21H21N5O5S. The minimum atomic E-state index is -4.12. The maximum atomic E-state index is 11.0. The van der Waals surface area contributed by atoms with E-state index >= 15 is 0 Å². The van der Waals surface area contributed by atoms with Crippen molar-refractivity contribution in [1.82, 2.24) is 0 Å². The van der Waals surface area contributed by atoms with Gasteiger partial charge in [0.25, 0.3) is 10.1 Å². The molecule has 0 atom stereocenters. The monoisotopic (exact) mass is 455 g/mol. The number of nitrogens with zero attached hydrogens (tertiary/aromatic N) is 4. The molecule has 0 fully saturated rings. The molecule has 0 amide bonds. The van der Waals surface area contributed by atoms with Crippen LogP contribution in [0.15, 0.2) is 87.3 Å². The number of hydrogen-bond acceptors (Lipinski definition) is 8. The van der Waals surface area contributed by atoms with Gasteiger partial charge in [0.05, 0.1) is 31.3 Å².